The Morgan fingerprint density at radius 1 is 0.900 bits per heavy atom. The second-order valence-electron chi connectivity index (χ2n) is 7.26. The summed E-state index contributed by atoms with van der Waals surface area (Å²) in [6, 6.07) is 12.6. The maximum atomic E-state index is 13.7. The molecule has 158 valence electrons. The largest absolute Gasteiger partial charge is 0.497 e. The highest BCUT2D eigenvalue weighted by atomic mass is 32.2. The smallest absolute Gasteiger partial charge is 0.192 e. The molecule has 0 spiro atoms. The van der Waals surface area contributed by atoms with Crippen LogP contribution in [0.2, 0.25) is 0 Å². The zero-order valence-corrected chi connectivity index (χ0v) is 18.7. The van der Waals surface area contributed by atoms with Crippen molar-refractivity contribution in [2.75, 3.05) is 7.11 Å². The Hall–Kier alpha value is -2.64. The van der Waals surface area contributed by atoms with Gasteiger partial charge in [0.2, 0.25) is 0 Å². The van der Waals surface area contributed by atoms with Gasteiger partial charge in [-0.1, -0.05) is 47.5 Å². The highest BCUT2D eigenvalue weighted by molar-refractivity contribution is 7.97. The summed E-state index contributed by atoms with van der Waals surface area (Å²) in [5.74, 6) is 0.271. The fraction of sp³-hybridized carbons (Fsp3) is 0.217. The van der Waals surface area contributed by atoms with Crippen LogP contribution in [-0.4, -0.2) is 33.9 Å². The van der Waals surface area contributed by atoms with Crippen LogP contribution >= 0.6 is 0 Å². The van der Waals surface area contributed by atoms with Gasteiger partial charge in [-0.3, -0.25) is 0 Å². The lowest BCUT2D eigenvalue weighted by Crippen LogP contribution is -2.50. The van der Waals surface area contributed by atoms with Gasteiger partial charge in [0.05, 0.1) is 16.9 Å². The minimum Gasteiger partial charge on any atom is -0.497 e. The first-order chi connectivity index (χ1) is 14.1. The van der Waals surface area contributed by atoms with E-state index in [0.717, 1.165) is 11.1 Å². The number of methoxy groups -OCH3 is 1. The van der Waals surface area contributed by atoms with E-state index in [1.54, 1.807) is 24.3 Å². The first-order valence-electron chi connectivity index (χ1n) is 9.29. The van der Waals surface area contributed by atoms with Crippen LogP contribution in [0.5, 0.6) is 0 Å². The number of ether oxygens (including phenoxy) is 1. The van der Waals surface area contributed by atoms with E-state index in [-0.39, 0.29) is 15.6 Å². The number of hydrogen-bond acceptors (Lipinski definition) is 5. The summed E-state index contributed by atoms with van der Waals surface area (Å²) < 4.78 is 58.0. The van der Waals surface area contributed by atoms with E-state index in [1.807, 2.05) is 13.8 Å². The number of rotatable bonds is 6. The van der Waals surface area contributed by atoms with E-state index in [9.17, 15) is 16.8 Å². The molecule has 2 aromatic rings. The summed E-state index contributed by atoms with van der Waals surface area (Å²) in [6.45, 7) is 7.41. The predicted molar refractivity (Wildman–Crippen MR) is 118 cm³/mol. The van der Waals surface area contributed by atoms with Crippen LogP contribution in [0.1, 0.15) is 11.1 Å². The van der Waals surface area contributed by atoms with Crippen molar-refractivity contribution in [1.82, 2.24) is 0 Å². The molecule has 0 aromatic heterocycles. The third kappa shape index (κ3) is 3.52. The number of benzene rings is 2. The molecule has 3 rings (SSSR count). The molecule has 0 radical (unpaired) electrons. The van der Waals surface area contributed by atoms with E-state index in [0.29, 0.717) is 0 Å². The van der Waals surface area contributed by atoms with Crippen LogP contribution < -0.4 is 0 Å². The van der Waals surface area contributed by atoms with Gasteiger partial charge in [0.25, 0.3) is 0 Å². The van der Waals surface area contributed by atoms with Gasteiger partial charge in [-0.05, 0) is 50.3 Å². The fourth-order valence-corrected chi connectivity index (χ4v) is 7.73. The quantitative estimate of drug-likeness (QED) is 0.631. The average Bonchev–Trinajstić information content (AvgIpc) is 2.73. The maximum absolute atomic E-state index is 13.7. The van der Waals surface area contributed by atoms with Crippen LogP contribution in [0.4, 0.5) is 0 Å². The minimum atomic E-state index is -4.15. The summed E-state index contributed by atoms with van der Waals surface area (Å²) in [5.41, 5.74) is 1.79. The molecule has 0 aliphatic heterocycles. The topological polar surface area (TPSA) is 77.5 Å². The normalized spacial score (nSPS) is 21.7. The van der Waals surface area contributed by atoms with Crippen molar-refractivity contribution < 1.29 is 21.6 Å². The highest BCUT2D eigenvalue weighted by Crippen LogP contribution is 2.41. The molecular formula is C23H24O5S2. The van der Waals surface area contributed by atoms with Gasteiger partial charge < -0.3 is 4.74 Å². The van der Waals surface area contributed by atoms with Gasteiger partial charge in [-0.25, -0.2) is 16.8 Å². The first kappa shape index (κ1) is 22.1. The second kappa shape index (κ2) is 7.89. The zero-order valence-electron chi connectivity index (χ0n) is 17.1. The van der Waals surface area contributed by atoms with Gasteiger partial charge in [0.15, 0.2) is 19.7 Å². The maximum Gasteiger partial charge on any atom is 0.192 e. The SMILES string of the molecule is C=C[C@@]1(S(=O)(=O)c2ccc(C)cc2)C=CC(OC)=C[C@H]1S(=O)(=O)c1ccc(C)cc1. The molecule has 5 nitrogen and oxygen atoms in total. The van der Waals surface area contributed by atoms with Gasteiger partial charge in [0.1, 0.15) is 15.8 Å². The molecule has 2 aromatic carbocycles. The Bertz CT molecular complexity index is 1220. The van der Waals surface area contributed by atoms with Crippen molar-refractivity contribution >= 4 is 19.7 Å². The molecule has 0 bridgehead atoms. The molecule has 0 N–H and O–H groups in total. The third-order valence-corrected chi connectivity index (χ3v) is 9.96. The Morgan fingerprint density at radius 3 is 1.87 bits per heavy atom. The summed E-state index contributed by atoms with van der Waals surface area (Å²) in [7, 11) is -6.85. The van der Waals surface area contributed by atoms with Crippen LogP contribution in [0.15, 0.2) is 95.0 Å². The zero-order chi connectivity index (χ0) is 22.2. The van der Waals surface area contributed by atoms with Gasteiger partial charge >= 0.3 is 0 Å². The first-order valence-corrected chi connectivity index (χ1v) is 12.3. The van der Waals surface area contributed by atoms with Crippen molar-refractivity contribution in [1.29, 1.82) is 0 Å². The molecule has 1 aliphatic rings. The van der Waals surface area contributed by atoms with E-state index < -0.39 is 29.7 Å². The lowest BCUT2D eigenvalue weighted by molar-refractivity contribution is 0.303. The van der Waals surface area contributed by atoms with Gasteiger partial charge in [0, 0.05) is 0 Å². The van der Waals surface area contributed by atoms with Crippen molar-refractivity contribution in [3.8, 4) is 0 Å². The molecule has 0 heterocycles. The Labute approximate surface area is 178 Å². The van der Waals surface area contributed by atoms with Crippen molar-refractivity contribution in [2.24, 2.45) is 0 Å². The van der Waals surface area contributed by atoms with Crippen molar-refractivity contribution in [3.63, 3.8) is 0 Å². The van der Waals surface area contributed by atoms with E-state index in [2.05, 4.69) is 6.58 Å². The molecular weight excluding hydrogens is 420 g/mol. The summed E-state index contributed by atoms with van der Waals surface area (Å²) in [4.78, 5) is 0.0569. The molecule has 30 heavy (non-hydrogen) atoms. The van der Waals surface area contributed by atoms with Gasteiger partial charge in [-0.15, -0.1) is 6.58 Å². The highest BCUT2D eigenvalue weighted by Gasteiger charge is 2.53. The predicted octanol–water partition coefficient (Wildman–Crippen LogP) is 3.94. The number of sulfone groups is 2. The lowest BCUT2D eigenvalue weighted by atomic mass is 9.98. The second-order valence-corrected chi connectivity index (χ2v) is 11.5. The van der Waals surface area contributed by atoms with E-state index >= 15 is 0 Å². The Morgan fingerprint density at radius 2 is 1.40 bits per heavy atom. The Balaban J connectivity index is 2.27. The molecule has 7 heteroatoms. The third-order valence-electron chi connectivity index (χ3n) is 5.30. The van der Waals surface area contributed by atoms with Crippen molar-refractivity contribution in [3.05, 3.63) is 96.3 Å². The van der Waals surface area contributed by atoms with Crippen LogP contribution in [0.25, 0.3) is 0 Å². The molecule has 0 unspecified atom stereocenters. The fourth-order valence-electron chi connectivity index (χ4n) is 3.44. The van der Waals surface area contributed by atoms with E-state index in [1.165, 1.54) is 55.7 Å². The summed E-state index contributed by atoms with van der Waals surface area (Å²) >= 11 is 0. The van der Waals surface area contributed by atoms with Crippen LogP contribution in [0, 0.1) is 13.8 Å². The lowest BCUT2D eigenvalue weighted by Gasteiger charge is -2.35. The summed E-state index contributed by atoms with van der Waals surface area (Å²) in [6.07, 6.45) is 5.35. The van der Waals surface area contributed by atoms with E-state index in [4.69, 9.17) is 4.74 Å². The monoisotopic (exact) mass is 444 g/mol. The van der Waals surface area contributed by atoms with Crippen LogP contribution in [0.3, 0.4) is 0 Å². The summed E-state index contributed by atoms with van der Waals surface area (Å²) in [5, 5.41) is -1.45. The van der Waals surface area contributed by atoms with Crippen LogP contribution in [-0.2, 0) is 24.4 Å². The molecule has 1 aliphatic carbocycles. The average molecular weight is 445 g/mol. The number of aryl methyl sites for hydroxylation is 2. The number of hydrogen-bond donors (Lipinski definition) is 0. The van der Waals surface area contributed by atoms with Crippen molar-refractivity contribution in [2.45, 2.75) is 33.6 Å². The Kier molecular flexibility index (Phi) is 5.80. The minimum absolute atomic E-state index is 0.0241. The van der Waals surface area contributed by atoms with Gasteiger partial charge in [-0.2, -0.15) is 0 Å². The molecule has 0 saturated heterocycles. The molecule has 2 atom stereocenters. The molecule has 0 fully saturated rings. The standard InChI is InChI=1S/C23H24O5S2/c1-5-23(30(26,27)21-12-8-18(3)9-13-21)15-14-19(28-4)16-22(23)29(24,25)20-10-6-17(2)7-11-20/h5-16,22H,1H2,2-4H3/t22-,23-/m1/s1. The molecule has 0 amide bonds. The molecule has 0 saturated carbocycles. The number of allylic oxidation sites excluding steroid dienone is 1.